The minimum absolute atomic E-state index is 0.754. The van der Waals surface area contributed by atoms with E-state index < -0.39 is 0 Å². The Morgan fingerprint density at radius 2 is 2.07 bits per heavy atom. The normalized spacial score (nSPS) is 10.8. The summed E-state index contributed by atoms with van der Waals surface area (Å²) >= 11 is 0. The molecule has 0 spiro atoms. The van der Waals surface area contributed by atoms with Gasteiger partial charge in [-0.05, 0) is 11.6 Å². The van der Waals surface area contributed by atoms with Crippen LogP contribution in [0.3, 0.4) is 0 Å². The predicted molar refractivity (Wildman–Crippen MR) is 59.9 cm³/mol. The predicted octanol–water partition coefficient (Wildman–Crippen LogP) is 0.870. The molecule has 0 unspecified atom stereocenters. The lowest BCUT2D eigenvalue weighted by molar-refractivity contribution is 0.187. The first-order chi connectivity index (χ1) is 7.36. The molecule has 4 nitrogen and oxygen atoms in total. The minimum Gasteiger partial charge on any atom is -0.383 e. The van der Waals surface area contributed by atoms with Crippen LogP contribution in [0.5, 0.6) is 0 Å². The van der Waals surface area contributed by atoms with Crippen LogP contribution in [0.15, 0.2) is 18.5 Å². The van der Waals surface area contributed by atoms with Crippen molar-refractivity contribution in [3.8, 4) is 0 Å². The summed E-state index contributed by atoms with van der Waals surface area (Å²) < 4.78 is 12.1. The quantitative estimate of drug-likeness (QED) is 0.649. The van der Waals surface area contributed by atoms with Gasteiger partial charge in [0.05, 0.1) is 13.2 Å². The van der Waals surface area contributed by atoms with Gasteiger partial charge >= 0.3 is 0 Å². The van der Waals surface area contributed by atoms with Gasteiger partial charge in [-0.3, -0.25) is 0 Å². The number of ether oxygens (including phenoxy) is 2. The topological polar surface area (TPSA) is 35.4 Å². The molecule has 0 aliphatic heterocycles. The van der Waals surface area contributed by atoms with Gasteiger partial charge in [0, 0.05) is 46.2 Å². The molecule has 4 heteroatoms. The van der Waals surface area contributed by atoms with Gasteiger partial charge in [0.25, 0.3) is 0 Å². The van der Waals surface area contributed by atoms with Crippen LogP contribution in [0, 0.1) is 0 Å². The molecule has 1 rings (SSSR count). The molecule has 1 aromatic heterocycles. The highest BCUT2D eigenvalue weighted by Gasteiger charge is 1.96. The maximum absolute atomic E-state index is 5.02. The average molecular weight is 212 g/mol. The highest BCUT2D eigenvalue weighted by molar-refractivity contribution is 5.09. The van der Waals surface area contributed by atoms with Crippen LogP contribution in [0.25, 0.3) is 0 Å². The third-order valence-electron chi connectivity index (χ3n) is 2.18. The lowest BCUT2D eigenvalue weighted by Crippen LogP contribution is -2.18. The van der Waals surface area contributed by atoms with Crippen molar-refractivity contribution >= 4 is 0 Å². The zero-order valence-corrected chi connectivity index (χ0v) is 9.53. The first kappa shape index (κ1) is 12.2. The lowest BCUT2D eigenvalue weighted by atomic mass is 10.3. The monoisotopic (exact) mass is 212 g/mol. The molecular weight excluding hydrogens is 192 g/mol. The Bertz CT molecular complexity index is 261. The molecule has 0 bridgehead atoms. The number of nitrogens with one attached hydrogen (secondary N) is 1. The summed E-state index contributed by atoms with van der Waals surface area (Å²) in [6.07, 6.45) is 4.21. The molecule has 1 heterocycles. The van der Waals surface area contributed by atoms with Crippen molar-refractivity contribution in [1.82, 2.24) is 9.88 Å². The zero-order valence-electron chi connectivity index (χ0n) is 9.53. The largest absolute Gasteiger partial charge is 0.383 e. The van der Waals surface area contributed by atoms with E-state index in [0.717, 1.165) is 32.8 Å². The molecule has 0 aliphatic carbocycles. The molecule has 15 heavy (non-hydrogen) atoms. The van der Waals surface area contributed by atoms with Crippen molar-refractivity contribution < 1.29 is 9.47 Å². The number of hydrogen-bond acceptors (Lipinski definition) is 3. The van der Waals surface area contributed by atoms with Gasteiger partial charge in [0.1, 0.15) is 0 Å². The van der Waals surface area contributed by atoms with E-state index in [4.69, 9.17) is 9.47 Å². The Labute approximate surface area is 91.2 Å². The van der Waals surface area contributed by atoms with E-state index in [1.165, 1.54) is 5.56 Å². The fraction of sp³-hybridized carbons (Fsp3) is 0.636. The van der Waals surface area contributed by atoms with Gasteiger partial charge in [0.2, 0.25) is 0 Å². The van der Waals surface area contributed by atoms with Gasteiger partial charge in [-0.1, -0.05) is 0 Å². The Hall–Kier alpha value is -0.840. The summed E-state index contributed by atoms with van der Waals surface area (Å²) in [5.74, 6) is 0. The summed E-state index contributed by atoms with van der Waals surface area (Å²) in [6, 6.07) is 2.12. The molecule has 0 aromatic carbocycles. The van der Waals surface area contributed by atoms with E-state index in [2.05, 4.69) is 28.3 Å². The van der Waals surface area contributed by atoms with E-state index in [9.17, 15) is 0 Å². The van der Waals surface area contributed by atoms with E-state index in [1.807, 2.05) is 0 Å². The molecule has 0 atom stereocenters. The Morgan fingerprint density at radius 1 is 1.27 bits per heavy atom. The Morgan fingerprint density at radius 3 is 2.80 bits per heavy atom. The van der Waals surface area contributed by atoms with Crippen LogP contribution < -0.4 is 5.32 Å². The molecule has 0 amide bonds. The number of hydrogen-bond donors (Lipinski definition) is 1. The molecule has 1 aromatic rings. The summed E-state index contributed by atoms with van der Waals surface area (Å²) in [4.78, 5) is 0. The second-order valence-corrected chi connectivity index (χ2v) is 3.42. The van der Waals surface area contributed by atoms with Crippen molar-refractivity contribution in [3.05, 3.63) is 24.0 Å². The van der Waals surface area contributed by atoms with Gasteiger partial charge < -0.3 is 19.4 Å². The number of nitrogens with zero attached hydrogens (tertiary/aromatic N) is 1. The second-order valence-electron chi connectivity index (χ2n) is 3.42. The van der Waals surface area contributed by atoms with Crippen LogP contribution in [0.2, 0.25) is 0 Å². The summed E-state index contributed by atoms with van der Waals surface area (Å²) in [7, 11) is 3.43. The van der Waals surface area contributed by atoms with E-state index in [0.29, 0.717) is 0 Å². The van der Waals surface area contributed by atoms with Gasteiger partial charge in [-0.25, -0.2) is 0 Å². The zero-order chi connectivity index (χ0) is 10.9. The van der Waals surface area contributed by atoms with Crippen LogP contribution in [0.4, 0.5) is 0 Å². The minimum atomic E-state index is 0.754. The van der Waals surface area contributed by atoms with Crippen LogP contribution in [0.1, 0.15) is 5.56 Å². The Kier molecular flexibility index (Phi) is 6.08. The van der Waals surface area contributed by atoms with Gasteiger partial charge in [-0.15, -0.1) is 0 Å². The van der Waals surface area contributed by atoms with Crippen molar-refractivity contribution in [1.29, 1.82) is 0 Å². The fourth-order valence-electron chi connectivity index (χ4n) is 1.34. The van der Waals surface area contributed by atoms with Crippen LogP contribution >= 0.6 is 0 Å². The highest BCUT2D eigenvalue weighted by Crippen LogP contribution is 2.00. The molecule has 0 fully saturated rings. The second kappa shape index (κ2) is 7.45. The smallest absolute Gasteiger partial charge is 0.0641 e. The van der Waals surface area contributed by atoms with E-state index >= 15 is 0 Å². The van der Waals surface area contributed by atoms with Crippen molar-refractivity contribution in [3.63, 3.8) is 0 Å². The molecule has 0 aliphatic rings. The van der Waals surface area contributed by atoms with Crippen molar-refractivity contribution in [2.24, 2.45) is 0 Å². The molecule has 0 saturated carbocycles. The highest BCUT2D eigenvalue weighted by atomic mass is 16.5. The standard InChI is InChI=1S/C11H20N2O2/c1-14-7-4-12-9-11-3-5-13(10-11)6-8-15-2/h3,5,10,12H,4,6-9H2,1-2H3. The maximum Gasteiger partial charge on any atom is 0.0641 e. The molecule has 0 saturated heterocycles. The number of rotatable bonds is 8. The van der Waals surface area contributed by atoms with Crippen molar-refractivity contribution in [2.75, 3.05) is 34.0 Å². The summed E-state index contributed by atoms with van der Waals surface area (Å²) in [5.41, 5.74) is 1.29. The van der Waals surface area contributed by atoms with Gasteiger partial charge in [0.15, 0.2) is 0 Å². The first-order valence-electron chi connectivity index (χ1n) is 5.20. The molecular formula is C11H20N2O2. The van der Waals surface area contributed by atoms with E-state index in [-0.39, 0.29) is 0 Å². The molecule has 0 radical (unpaired) electrons. The van der Waals surface area contributed by atoms with Crippen molar-refractivity contribution in [2.45, 2.75) is 13.1 Å². The number of aromatic nitrogens is 1. The van der Waals surface area contributed by atoms with E-state index in [1.54, 1.807) is 14.2 Å². The Balaban J connectivity index is 2.20. The summed E-state index contributed by atoms with van der Waals surface area (Å²) in [5, 5.41) is 3.30. The maximum atomic E-state index is 5.02. The third kappa shape index (κ3) is 4.97. The fourth-order valence-corrected chi connectivity index (χ4v) is 1.34. The average Bonchev–Trinajstić information content (AvgIpc) is 2.69. The first-order valence-corrected chi connectivity index (χ1v) is 5.20. The third-order valence-corrected chi connectivity index (χ3v) is 2.18. The summed E-state index contributed by atoms with van der Waals surface area (Å²) in [6.45, 7) is 4.20. The van der Waals surface area contributed by atoms with Gasteiger partial charge in [-0.2, -0.15) is 0 Å². The number of methoxy groups -OCH3 is 2. The lowest BCUT2D eigenvalue weighted by Gasteiger charge is -2.02. The molecule has 1 N–H and O–H groups in total. The SMILES string of the molecule is COCCNCc1ccn(CCOC)c1. The molecule has 86 valence electrons. The van der Waals surface area contributed by atoms with Crippen LogP contribution in [-0.4, -0.2) is 38.5 Å². The van der Waals surface area contributed by atoms with Crippen LogP contribution in [-0.2, 0) is 22.6 Å².